The number of benzene rings is 2. The molecular formula is C38H49N9O4. The molecule has 3 amide bonds. The van der Waals surface area contributed by atoms with Crippen molar-refractivity contribution in [3.63, 3.8) is 0 Å². The van der Waals surface area contributed by atoms with Crippen molar-refractivity contribution >= 4 is 46.6 Å². The molecule has 1 unspecified atom stereocenters. The second-order valence-corrected chi connectivity index (χ2v) is 13.6. The highest BCUT2D eigenvalue weighted by atomic mass is 16.5. The van der Waals surface area contributed by atoms with Gasteiger partial charge in [0.2, 0.25) is 24.2 Å². The van der Waals surface area contributed by atoms with Gasteiger partial charge in [-0.1, -0.05) is 30.3 Å². The van der Waals surface area contributed by atoms with E-state index in [0.717, 1.165) is 105 Å². The Morgan fingerprint density at radius 1 is 0.961 bits per heavy atom. The van der Waals surface area contributed by atoms with Gasteiger partial charge in [-0.3, -0.25) is 24.6 Å². The second-order valence-electron chi connectivity index (χ2n) is 13.6. The number of carbonyl (C=O) groups is 3. The van der Waals surface area contributed by atoms with Gasteiger partial charge >= 0.3 is 0 Å². The van der Waals surface area contributed by atoms with Crippen molar-refractivity contribution in [1.82, 2.24) is 30.1 Å². The molecule has 0 bridgehead atoms. The zero-order valence-corrected chi connectivity index (χ0v) is 29.6. The number of H-pyrrole nitrogens is 1. The minimum absolute atomic E-state index is 0.215. The first kappa shape index (κ1) is 36.0. The van der Waals surface area contributed by atoms with E-state index in [0.29, 0.717) is 25.1 Å². The fourth-order valence-corrected chi connectivity index (χ4v) is 6.95. The second kappa shape index (κ2) is 16.9. The van der Waals surface area contributed by atoms with Gasteiger partial charge in [-0.05, 0) is 67.5 Å². The van der Waals surface area contributed by atoms with Gasteiger partial charge in [0.05, 0.1) is 11.4 Å². The maximum Gasteiger partial charge on any atom is 0.249 e. The predicted octanol–water partition coefficient (Wildman–Crippen LogP) is 3.59. The van der Waals surface area contributed by atoms with Crippen molar-refractivity contribution < 1.29 is 19.1 Å². The molecule has 270 valence electrons. The molecule has 6 rings (SSSR count). The van der Waals surface area contributed by atoms with Gasteiger partial charge < -0.3 is 30.2 Å². The van der Waals surface area contributed by atoms with Crippen LogP contribution in [0.5, 0.6) is 0 Å². The number of anilines is 3. The minimum Gasteiger partial charge on any atom is -0.381 e. The number of hydrogen-bond donors (Lipinski definition) is 3. The lowest BCUT2D eigenvalue weighted by molar-refractivity contribution is -0.134. The van der Waals surface area contributed by atoms with Gasteiger partial charge in [-0.2, -0.15) is 4.98 Å². The SMILES string of the molecule is CN(C)c1cc(CCCOCCCCN2CCN(Cc3ccc(-c4c[nH]c5nc(N)ncc45)cc3)CC2)ccc1N(C=O)C1CCC(=O)NC1=O. The number of carbonyl (C=O) groups excluding carboxylic acids is 3. The van der Waals surface area contributed by atoms with Crippen molar-refractivity contribution in [2.45, 2.75) is 51.1 Å². The fraction of sp³-hybridized carbons (Fsp3) is 0.447. The van der Waals surface area contributed by atoms with Crippen molar-refractivity contribution in [2.75, 3.05) is 75.6 Å². The molecule has 2 saturated heterocycles. The molecule has 13 heteroatoms. The lowest BCUT2D eigenvalue weighted by Gasteiger charge is -2.34. The van der Waals surface area contributed by atoms with Crippen LogP contribution in [0.4, 0.5) is 17.3 Å². The number of aromatic nitrogens is 3. The Balaban J connectivity index is 0.854. The molecule has 0 saturated carbocycles. The Bertz CT molecular complexity index is 1800. The first-order valence-corrected chi connectivity index (χ1v) is 17.9. The molecule has 2 aliphatic rings. The molecule has 13 nitrogen and oxygen atoms in total. The minimum atomic E-state index is -0.701. The Kier molecular flexibility index (Phi) is 11.9. The average molecular weight is 696 g/mol. The fourth-order valence-electron chi connectivity index (χ4n) is 6.95. The topological polar surface area (TPSA) is 153 Å². The van der Waals surface area contributed by atoms with Gasteiger partial charge in [0.25, 0.3) is 0 Å². The molecule has 2 aromatic heterocycles. The van der Waals surface area contributed by atoms with Gasteiger partial charge in [0, 0.05) is 89.8 Å². The van der Waals surface area contributed by atoms with E-state index in [-0.39, 0.29) is 18.3 Å². The summed E-state index contributed by atoms with van der Waals surface area (Å²) in [7, 11) is 3.83. The summed E-state index contributed by atoms with van der Waals surface area (Å²) >= 11 is 0. The van der Waals surface area contributed by atoms with Gasteiger partial charge in [0.1, 0.15) is 11.7 Å². The van der Waals surface area contributed by atoms with Gasteiger partial charge in [-0.15, -0.1) is 0 Å². The summed E-state index contributed by atoms with van der Waals surface area (Å²) in [5.74, 6) is -0.471. The number of nitrogens with two attached hydrogens (primary N) is 1. The smallest absolute Gasteiger partial charge is 0.249 e. The molecule has 4 aromatic rings. The number of nitrogens with one attached hydrogen (secondary N) is 2. The lowest BCUT2D eigenvalue weighted by atomic mass is 10.0. The Labute approximate surface area is 299 Å². The third kappa shape index (κ3) is 9.09. The molecule has 51 heavy (non-hydrogen) atoms. The van der Waals surface area contributed by atoms with Crippen LogP contribution < -0.4 is 20.9 Å². The summed E-state index contributed by atoms with van der Waals surface area (Å²) in [6.45, 7) is 7.82. The number of unbranched alkanes of at least 4 members (excludes halogenated alkanes) is 1. The summed E-state index contributed by atoms with van der Waals surface area (Å²) in [6.07, 6.45) is 8.86. The zero-order chi connectivity index (χ0) is 35.7. The molecule has 0 radical (unpaired) electrons. The van der Waals surface area contributed by atoms with E-state index >= 15 is 0 Å². The highest BCUT2D eigenvalue weighted by Gasteiger charge is 2.33. The number of amides is 3. The number of nitrogens with zero attached hydrogens (tertiary/aromatic N) is 6. The number of hydrogen-bond acceptors (Lipinski definition) is 10. The number of piperazine rings is 1. The normalized spacial score (nSPS) is 17.1. The van der Waals surface area contributed by atoms with E-state index in [1.807, 2.05) is 37.3 Å². The molecular weight excluding hydrogens is 646 g/mol. The van der Waals surface area contributed by atoms with Crippen molar-refractivity contribution in [3.8, 4) is 11.1 Å². The van der Waals surface area contributed by atoms with E-state index in [4.69, 9.17) is 10.5 Å². The van der Waals surface area contributed by atoms with Crippen LogP contribution in [0.15, 0.2) is 54.9 Å². The first-order valence-electron chi connectivity index (χ1n) is 17.9. The summed E-state index contributed by atoms with van der Waals surface area (Å²) < 4.78 is 5.97. The Morgan fingerprint density at radius 3 is 2.45 bits per heavy atom. The third-order valence-corrected chi connectivity index (χ3v) is 9.81. The highest BCUT2D eigenvalue weighted by Crippen LogP contribution is 2.32. The van der Waals surface area contributed by atoms with Crippen molar-refractivity contribution in [1.29, 1.82) is 0 Å². The quantitative estimate of drug-likeness (QED) is 0.0901. The highest BCUT2D eigenvalue weighted by molar-refractivity contribution is 6.04. The molecule has 0 aliphatic carbocycles. The number of ether oxygens (including phenoxy) is 1. The standard InChI is InChI=1S/C38H49N9O4/c1-44(2)34-22-27(9-12-32(34)47(26-48)33-13-14-35(49)42-37(33)50)6-5-21-51-20-4-3-15-45-16-18-46(19-17-45)25-28-7-10-29(11-8-28)30-23-40-36-31(30)24-41-38(39)43-36/h7-12,22-24,26,33H,3-6,13-21,25H2,1-2H3,(H,42,49,50)(H3,39,40,41,43). The van der Waals surface area contributed by atoms with E-state index < -0.39 is 11.9 Å². The molecule has 0 spiro atoms. The number of aromatic amines is 1. The summed E-state index contributed by atoms with van der Waals surface area (Å²) in [5, 5.41) is 3.32. The van der Waals surface area contributed by atoms with Crippen LogP contribution >= 0.6 is 0 Å². The van der Waals surface area contributed by atoms with Crippen LogP contribution in [0.1, 0.15) is 43.2 Å². The number of rotatable bonds is 16. The van der Waals surface area contributed by atoms with Gasteiger partial charge in [-0.25, -0.2) is 4.98 Å². The summed E-state index contributed by atoms with van der Waals surface area (Å²) in [5.41, 5.74) is 12.6. The van der Waals surface area contributed by atoms with Crippen LogP contribution in [-0.4, -0.2) is 109 Å². The number of imide groups is 1. The molecule has 4 N–H and O–H groups in total. The van der Waals surface area contributed by atoms with E-state index in [9.17, 15) is 14.4 Å². The van der Waals surface area contributed by atoms with Crippen LogP contribution in [0.25, 0.3) is 22.2 Å². The van der Waals surface area contributed by atoms with E-state index in [1.54, 1.807) is 6.20 Å². The molecule has 2 aromatic carbocycles. The molecule has 2 fully saturated rings. The largest absolute Gasteiger partial charge is 0.381 e. The maximum atomic E-state index is 12.4. The predicted molar refractivity (Wildman–Crippen MR) is 199 cm³/mol. The third-order valence-electron chi connectivity index (χ3n) is 9.81. The van der Waals surface area contributed by atoms with Crippen molar-refractivity contribution in [3.05, 3.63) is 66.0 Å². The molecule has 2 aliphatic heterocycles. The number of piperidine rings is 1. The van der Waals surface area contributed by atoms with Crippen LogP contribution in [0, 0.1) is 0 Å². The van der Waals surface area contributed by atoms with E-state index in [1.165, 1.54) is 10.5 Å². The van der Waals surface area contributed by atoms with Crippen LogP contribution in [0.2, 0.25) is 0 Å². The Morgan fingerprint density at radius 2 is 1.71 bits per heavy atom. The van der Waals surface area contributed by atoms with Gasteiger partial charge in [0.15, 0.2) is 0 Å². The summed E-state index contributed by atoms with van der Waals surface area (Å²) in [6, 6.07) is 14.0. The van der Waals surface area contributed by atoms with Crippen LogP contribution in [0.3, 0.4) is 0 Å². The Hall–Kier alpha value is -4.85. The average Bonchev–Trinajstić information content (AvgIpc) is 3.55. The maximum absolute atomic E-state index is 12.4. The zero-order valence-electron chi connectivity index (χ0n) is 29.6. The first-order chi connectivity index (χ1) is 24.8. The number of fused-ring (bicyclic) bond motifs is 1. The molecule has 4 heterocycles. The van der Waals surface area contributed by atoms with E-state index in [2.05, 4.69) is 60.4 Å². The molecule has 1 atom stereocenters. The van der Waals surface area contributed by atoms with Crippen molar-refractivity contribution in [2.24, 2.45) is 0 Å². The van der Waals surface area contributed by atoms with Crippen LogP contribution in [-0.2, 0) is 32.1 Å². The monoisotopic (exact) mass is 695 g/mol. The lowest BCUT2D eigenvalue weighted by Crippen LogP contribution is -2.52. The number of aryl methyl sites for hydroxylation is 1. The number of nitrogen functional groups attached to an aromatic ring is 1. The summed E-state index contributed by atoms with van der Waals surface area (Å²) in [4.78, 5) is 56.2.